The number of hydrogen-bond acceptors (Lipinski definition) is 5. The largest absolute Gasteiger partial charge is 0.451 e. The third-order valence-corrected chi connectivity index (χ3v) is 5.73. The zero-order chi connectivity index (χ0) is 22.0. The van der Waals surface area contributed by atoms with Crippen molar-refractivity contribution < 1.29 is 14.3 Å². The summed E-state index contributed by atoms with van der Waals surface area (Å²) < 4.78 is 6.29. The second-order valence-electron chi connectivity index (χ2n) is 7.92. The lowest BCUT2D eigenvalue weighted by atomic mass is 9.89. The van der Waals surface area contributed by atoms with Crippen molar-refractivity contribution in [1.29, 1.82) is 0 Å². The Kier molecular flexibility index (Phi) is 5.84. The molecule has 160 valence electrons. The maximum Gasteiger partial charge on any atom is 0.359 e. The number of hydrogen-bond donors (Lipinski definition) is 1. The second kappa shape index (κ2) is 8.71. The number of amides is 1. The molecule has 1 aromatic heterocycles. The molecule has 1 N–H and O–H groups in total. The van der Waals surface area contributed by atoms with Crippen LogP contribution in [0.4, 0.5) is 0 Å². The van der Waals surface area contributed by atoms with Gasteiger partial charge in [-0.1, -0.05) is 36.4 Å². The van der Waals surface area contributed by atoms with Crippen molar-refractivity contribution in [1.82, 2.24) is 15.1 Å². The first-order valence-corrected chi connectivity index (χ1v) is 10.5. The fourth-order valence-corrected chi connectivity index (χ4v) is 4.04. The first-order chi connectivity index (χ1) is 14.9. The van der Waals surface area contributed by atoms with E-state index in [2.05, 4.69) is 22.5 Å². The third kappa shape index (κ3) is 4.35. The van der Waals surface area contributed by atoms with Crippen LogP contribution < -0.4 is 10.9 Å². The van der Waals surface area contributed by atoms with E-state index in [0.717, 1.165) is 23.1 Å². The van der Waals surface area contributed by atoms with Crippen molar-refractivity contribution in [2.75, 3.05) is 6.61 Å². The van der Waals surface area contributed by atoms with E-state index < -0.39 is 18.5 Å². The van der Waals surface area contributed by atoms with Gasteiger partial charge in [0.2, 0.25) is 0 Å². The van der Waals surface area contributed by atoms with E-state index in [1.54, 1.807) is 24.3 Å². The van der Waals surface area contributed by atoms with Gasteiger partial charge in [-0.15, -0.1) is 0 Å². The van der Waals surface area contributed by atoms with Gasteiger partial charge in [-0.25, -0.2) is 9.48 Å². The topological polar surface area (TPSA) is 90.3 Å². The SMILES string of the molecule is C[C@@H](NC(=O)COC(=O)c1nn(C)c(=O)c2ccccc12)c1ccc2c(c1)CCCC2. The van der Waals surface area contributed by atoms with Crippen LogP contribution in [-0.2, 0) is 29.4 Å². The number of fused-ring (bicyclic) bond motifs is 2. The number of aryl methyl sites for hydroxylation is 3. The summed E-state index contributed by atoms with van der Waals surface area (Å²) in [6.07, 6.45) is 4.60. The van der Waals surface area contributed by atoms with E-state index in [0.29, 0.717) is 10.8 Å². The monoisotopic (exact) mass is 419 g/mol. The third-order valence-electron chi connectivity index (χ3n) is 5.73. The molecule has 0 saturated heterocycles. The molecule has 0 saturated carbocycles. The smallest absolute Gasteiger partial charge is 0.359 e. The zero-order valence-corrected chi connectivity index (χ0v) is 17.7. The van der Waals surface area contributed by atoms with Crippen molar-refractivity contribution in [2.45, 2.75) is 38.6 Å². The van der Waals surface area contributed by atoms with Crippen molar-refractivity contribution in [3.8, 4) is 0 Å². The minimum Gasteiger partial charge on any atom is -0.451 e. The number of nitrogens with one attached hydrogen (secondary N) is 1. The number of rotatable bonds is 5. The number of carbonyl (C=O) groups is 2. The molecule has 1 amide bonds. The Labute approximate surface area is 180 Å². The summed E-state index contributed by atoms with van der Waals surface area (Å²) in [5.41, 5.74) is 3.48. The van der Waals surface area contributed by atoms with Gasteiger partial charge in [0.05, 0.1) is 11.4 Å². The lowest BCUT2D eigenvalue weighted by Gasteiger charge is -2.20. The highest BCUT2D eigenvalue weighted by atomic mass is 16.5. The van der Waals surface area contributed by atoms with E-state index in [-0.39, 0.29) is 17.3 Å². The zero-order valence-electron chi connectivity index (χ0n) is 17.7. The Hall–Kier alpha value is -3.48. The van der Waals surface area contributed by atoms with Gasteiger partial charge < -0.3 is 10.1 Å². The quantitative estimate of drug-likeness (QED) is 0.643. The molecule has 0 unspecified atom stereocenters. The molecule has 1 heterocycles. The van der Waals surface area contributed by atoms with Gasteiger partial charge >= 0.3 is 5.97 Å². The number of aromatic nitrogens is 2. The fourth-order valence-electron chi connectivity index (χ4n) is 4.04. The molecule has 3 aromatic rings. The molecule has 0 radical (unpaired) electrons. The highest BCUT2D eigenvalue weighted by Gasteiger charge is 2.19. The van der Waals surface area contributed by atoms with Gasteiger partial charge in [0.15, 0.2) is 12.3 Å². The normalized spacial score (nSPS) is 14.0. The molecule has 2 aromatic carbocycles. The molecule has 4 rings (SSSR count). The average Bonchev–Trinajstić information content (AvgIpc) is 2.79. The summed E-state index contributed by atoms with van der Waals surface area (Å²) in [7, 11) is 1.47. The van der Waals surface area contributed by atoms with Gasteiger partial charge in [0, 0.05) is 12.4 Å². The molecule has 0 aliphatic heterocycles. The predicted molar refractivity (Wildman–Crippen MR) is 117 cm³/mol. The maximum absolute atomic E-state index is 12.6. The number of nitrogens with zero attached hydrogens (tertiary/aromatic N) is 2. The minimum absolute atomic E-state index is 0.00763. The molecule has 31 heavy (non-hydrogen) atoms. The Morgan fingerprint density at radius 1 is 1.10 bits per heavy atom. The van der Waals surface area contributed by atoms with Crippen molar-refractivity contribution in [3.05, 3.63) is 75.2 Å². The van der Waals surface area contributed by atoms with Crippen molar-refractivity contribution >= 4 is 22.6 Å². The number of carbonyl (C=O) groups excluding carboxylic acids is 2. The Bertz CT molecular complexity index is 1220. The average molecular weight is 419 g/mol. The van der Waals surface area contributed by atoms with Gasteiger partial charge in [0.1, 0.15) is 0 Å². The fraction of sp³-hybridized carbons (Fsp3) is 0.333. The lowest BCUT2D eigenvalue weighted by molar-refractivity contribution is -0.124. The first-order valence-electron chi connectivity index (χ1n) is 10.5. The van der Waals surface area contributed by atoms with E-state index in [1.807, 2.05) is 13.0 Å². The molecular formula is C24H25N3O4. The summed E-state index contributed by atoms with van der Waals surface area (Å²) in [6, 6.07) is 12.8. The Morgan fingerprint density at radius 2 is 1.81 bits per heavy atom. The van der Waals surface area contributed by atoms with Crippen LogP contribution in [0, 0.1) is 0 Å². The lowest BCUT2D eigenvalue weighted by Crippen LogP contribution is -2.32. The number of benzene rings is 2. The van der Waals surface area contributed by atoms with E-state index in [9.17, 15) is 14.4 Å². The van der Waals surface area contributed by atoms with Crippen LogP contribution in [-0.4, -0.2) is 28.3 Å². The van der Waals surface area contributed by atoms with Gasteiger partial charge in [0.25, 0.3) is 11.5 Å². The first kappa shape index (κ1) is 20.8. The standard InChI is InChI=1S/C24H25N3O4/c1-15(17-12-11-16-7-3-4-8-18(16)13-17)25-21(28)14-31-24(30)22-19-9-5-6-10-20(19)23(29)27(2)26-22/h5-6,9-13,15H,3-4,7-8,14H2,1-2H3,(H,25,28)/t15-/m1/s1. The molecule has 0 fully saturated rings. The van der Waals surface area contributed by atoms with Crippen LogP contribution in [0.1, 0.15) is 53.0 Å². The van der Waals surface area contributed by atoms with Crippen LogP contribution in [0.2, 0.25) is 0 Å². The molecular weight excluding hydrogens is 394 g/mol. The summed E-state index contributed by atoms with van der Waals surface area (Å²) in [4.78, 5) is 37.1. The van der Waals surface area contributed by atoms with E-state index in [4.69, 9.17) is 4.74 Å². The summed E-state index contributed by atoms with van der Waals surface area (Å²) in [5.74, 6) is -1.14. The second-order valence-corrected chi connectivity index (χ2v) is 7.92. The highest BCUT2D eigenvalue weighted by molar-refractivity contribution is 6.02. The maximum atomic E-state index is 12.6. The summed E-state index contributed by atoms with van der Waals surface area (Å²) >= 11 is 0. The summed E-state index contributed by atoms with van der Waals surface area (Å²) in [6.45, 7) is 1.49. The number of ether oxygens (including phenoxy) is 1. The van der Waals surface area contributed by atoms with Gasteiger partial charge in [-0.3, -0.25) is 9.59 Å². The Morgan fingerprint density at radius 3 is 2.58 bits per heavy atom. The molecule has 7 nitrogen and oxygen atoms in total. The number of esters is 1. The molecule has 0 spiro atoms. The minimum atomic E-state index is -0.747. The molecule has 1 aliphatic rings. The van der Waals surface area contributed by atoms with Crippen LogP contribution in [0.25, 0.3) is 10.8 Å². The van der Waals surface area contributed by atoms with Crippen molar-refractivity contribution in [2.24, 2.45) is 7.05 Å². The predicted octanol–water partition coefficient (Wildman–Crippen LogP) is 2.85. The summed E-state index contributed by atoms with van der Waals surface area (Å²) in [5, 5.41) is 7.68. The van der Waals surface area contributed by atoms with E-state index >= 15 is 0 Å². The van der Waals surface area contributed by atoms with Crippen LogP contribution in [0.5, 0.6) is 0 Å². The highest BCUT2D eigenvalue weighted by Crippen LogP contribution is 2.24. The molecule has 0 bridgehead atoms. The van der Waals surface area contributed by atoms with Crippen LogP contribution in [0.15, 0.2) is 47.3 Å². The van der Waals surface area contributed by atoms with E-state index in [1.165, 1.54) is 31.0 Å². The van der Waals surface area contributed by atoms with Gasteiger partial charge in [-0.05, 0) is 55.4 Å². The molecule has 1 aliphatic carbocycles. The van der Waals surface area contributed by atoms with Crippen molar-refractivity contribution in [3.63, 3.8) is 0 Å². The van der Waals surface area contributed by atoms with Crippen LogP contribution in [0.3, 0.4) is 0 Å². The Balaban J connectivity index is 1.41. The van der Waals surface area contributed by atoms with Gasteiger partial charge in [-0.2, -0.15) is 5.10 Å². The van der Waals surface area contributed by atoms with Crippen LogP contribution >= 0.6 is 0 Å². The molecule has 7 heteroatoms. The molecule has 1 atom stereocenters.